The number of hydrogen-bond donors (Lipinski definition) is 0. The number of hydrogen-bond acceptors (Lipinski definition) is 5. The van der Waals surface area contributed by atoms with E-state index >= 15 is 0 Å². The largest absolute Gasteiger partial charge is 0.496 e. The zero-order valence-electron chi connectivity index (χ0n) is 18.2. The van der Waals surface area contributed by atoms with Crippen LogP contribution in [-0.4, -0.2) is 33.5 Å². The standard InChI is InChI=1S/C26H26N2O4/c1-3-16-13-18-23(14-22(16)32-26(30)17-9-5-4-6-10-17)31-15-19(24(18)29)25-27-20-11-7-8-12-21(20)28(25)2/h4-12,15-16,18,22-23H,3,13-14H2,1-2H3. The lowest BCUT2D eigenvalue weighted by molar-refractivity contribution is -0.129. The van der Waals surface area contributed by atoms with Gasteiger partial charge in [-0.15, -0.1) is 0 Å². The summed E-state index contributed by atoms with van der Waals surface area (Å²) >= 11 is 0. The first-order chi connectivity index (χ1) is 15.6. The van der Waals surface area contributed by atoms with Crippen LogP contribution in [0.15, 0.2) is 60.9 Å². The first-order valence-corrected chi connectivity index (χ1v) is 11.1. The van der Waals surface area contributed by atoms with Crippen molar-refractivity contribution in [3.63, 3.8) is 0 Å². The molecule has 3 aromatic rings. The van der Waals surface area contributed by atoms with Crippen LogP contribution in [0.25, 0.3) is 16.6 Å². The molecule has 1 aliphatic carbocycles. The van der Waals surface area contributed by atoms with Gasteiger partial charge in [0.15, 0.2) is 5.78 Å². The van der Waals surface area contributed by atoms with E-state index in [4.69, 9.17) is 9.47 Å². The number of ketones is 1. The summed E-state index contributed by atoms with van der Waals surface area (Å²) in [6.07, 6.45) is 2.96. The van der Waals surface area contributed by atoms with E-state index in [0.29, 0.717) is 29.8 Å². The molecule has 0 radical (unpaired) electrons. The van der Waals surface area contributed by atoms with Gasteiger partial charge in [0.1, 0.15) is 18.0 Å². The van der Waals surface area contributed by atoms with Crippen LogP contribution >= 0.6 is 0 Å². The predicted octanol–water partition coefficient (Wildman–Crippen LogP) is 4.54. The number of aromatic nitrogens is 2. The van der Waals surface area contributed by atoms with Crippen molar-refractivity contribution in [1.82, 2.24) is 9.55 Å². The summed E-state index contributed by atoms with van der Waals surface area (Å²) in [4.78, 5) is 30.8. The molecule has 2 heterocycles. The Kier molecular flexibility index (Phi) is 5.29. The van der Waals surface area contributed by atoms with E-state index in [1.807, 2.05) is 54.1 Å². The maximum Gasteiger partial charge on any atom is 0.338 e. The Morgan fingerprint density at radius 2 is 1.88 bits per heavy atom. The number of rotatable bonds is 4. The Labute approximate surface area is 186 Å². The Morgan fingerprint density at radius 1 is 1.12 bits per heavy atom. The predicted molar refractivity (Wildman–Crippen MR) is 121 cm³/mol. The molecule has 0 spiro atoms. The fourth-order valence-electron chi connectivity index (χ4n) is 4.96. The Bertz CT molecular complexity index is 1200. The summed E-state index contributed by atoms with van der Waals surface area (Å²) in [5.74, 6) is 0.208. The number of allylic oxidation sites excluding steroid dienone is 1. The number of imidazole rings is 1. The van der Waals surface area contributed by atoms with Crippen LogP contribution in [0.3, 0.4) is 0 Å². The average Bonchev–Trinajstić information content (AvgIpc) is 3.16. The van der Waals surface area contributed by atoms with Gasteiger partial charge in [-0.05, 0) is 43.0 Å². The minimum absolute atomic E-state index is 0.0611. The number of aryl methyl sites for hydroxylation is 1. The quantitative estimate of drug-likeness (QED) is 0.568. The molecule has 0 amide bonds. The maximum atomic E-state index is 13.5. The number of nitrogens with zero attached hydrogens (tertiary/aromatic N) is 2. The summed E-state index contributed by atoms with van der Waals surface area (Å²) in [5.41, 5.74) is 2.87. The number of fused-ring (bicyclic) bond motifs is 2. The van der Waals surface area contributed by atoms with Crippen molar-refractivity contribution in [2.24, 2.45) is 18.9 Å². The van der Waals surface area contributed by atoms with Gasteiger partial charge in [0.2, 0.25) is 0 Å². The molecule has 164 valence electrons. The Balaban J connectivity index is 1.38. The van der Waals surface area contributed by atoms with Crippen LogP contribution < -0.4 is 0 Å². The van der Waals surface area contributed by atoms with Crippen LogP contribution in [0, 0.1) is 11.8 Å². The second kappa shape index (κ2) is 8.26. The molecule has 5 rings (SSSR count). The van der Waals surface area contributed by atoms with Gasteiger partial charge < -0.3 is 14.0 Å². The Morgan fingerprint density at radius 3 is 2.62 bits per heavy atom. The van der Waals surface area contributed by atoms with Crippen molar-refractivity contribution < 1.29 is 19.1 Å². The highest BCUT2D eigenvalue weighted by Crippen LogP contribution is 2.41. The lowest BCUT2D eigenvalue weighted by Crippen LogP contribution is -2.46. The summed E-state index contributed by atoms with van der Waals surface area (Å²) in [5, 5.41) is 0. The minimum Gasteiger partial charge on any atom is -0.496 e. The van der Waals surface area contributed by atoms with Gasteiger partial charge in [-0.2, -0.15) is 0 Å². The van der Waals surface area contributed by atoms with Gasteiger partial charge >= 0.3 is 5.97 Å². The fourth-order valence-corrected chi connectivity index (χ4v) is 4.96. The molecule has 6 heteroatoms. The topological polar surface area (TPSA) is 70.4 Å². The summed E-state index contributed by atoms with van der Waals surface area (Å²) in [6.45, 7) is 2.07. The van der Waals surface area contributed by atoms with E-state index in [0.717, 1.165) is 17.5 Å². The van der Waals surface area contributed by atoms with E-state index in [9.17, 15) is 9.59 Å². The molecule has 2 aromatic carbocycles. The van der Waals surface area contributed by atoms with Crippen molar-refractivity contribution in [2.45, 2.75) is 38.4 Å². The Hall–Kier alpha value is -3.41. The van der Waals surface area contributed by atoms with Gasteiger partial charge in [0.05, 0.1) is 34.3 Å². The molecule has 1 fully saturated rings. The molecule has 1 aromatic heterocycles. The van der Waals surface area contributed by atoms with Crippen LogP contribution in [0.1, 0.15) is 42.4 Å². The smallest absolute Gasteiger partial charge is 0.338 e. The number of Topliss-reactive ketones (excluding diaryl/α,β-unsaturated/α-hetero) is 1. The van der Waals surface area contributed by atoms with Gasteiger partial charge in [-0.1, -0.05) is 37.3 Å². The second-order valence-electron chi connectivity index (χ2n) is 8.61. The molecule has 4 atom stereocenters. The van der Waals surface area contributed by atoms with Crippen molar-refractivity contribution in [1.29, 1.82) is 0 Å². The molecule has 4 unspecified atom stereocenters. The number of esters is 1. The molecule has 32 heavy (non-hydrogen) atoms. The third-order valence-electron chi connectivity index (χ3n) is 6.78. The van der Waals surface area contributed by atoms with E-state index in [-0.39, 0.29) is 35.8 Å². The van der Waals surface area contributed by atoms with Crippen LogP contribution in [0.2, 0.25) is 0 Å². The van der Waals surface area contributed by atoms with Gasteiger partial charge in [0.25, 0.3) is 0 Å². The van der Waals surface area contributed by atoms with E-state index in [2.05, 4.69) is 11.9 Å². The van der Waals surface area contributed by atoms with Gasteiger partial charge in [-0.3, -0.25) is 4.79 Å². The van der Waals surface area contributed by atoms with Crippen LogP contribution in [-0.2, 0) is 21.3 Å². The maximum absolute atomic E-state index is 13.5. The van der Waals surface area contributed by atoms with Crippen LogP contribution in [0.4, 0.5) is 0 Å². The van der Waals surface area contributed by atoms with Gasteiger partial charge in [-0.25, -0.2) is 9.78 Å². The number of carbonyl (C=O) groups is 2. The fraction of sp³-hybridized carbons (Fsp3) is 0.346. The van der Waals surface area contributed by atoms with E-state index in [1.165, 1.54) is 0 Å². The second-order valence-corrected chi connectivity index (χ2v) is 8.61. The minimum atomic E-state index is -0.328. The molecule has 0 saturated heterocycles. The third-order valence-corrected chi connectivity index (χ3v) is 6.78. The lowest BCUT2D eigenvalue weighted by atomic mass is 9.72. The van der Waals surface area contributed by atoms with E-state index < -0.39 is 0 Å². The molecular formula is C26H26N2O4. The van der Waals surface area contributed by atoms with Crippen molar-refractivity contribution >= 4 is 28.4 Å². The summed E-state index contributed by atoms with van der Waals surface area (Å²) < 4.78 is 13.9. The lowest BCUT2D eigenvalue weighted by Gasteiger charge is -2.41. The molecule has 1 aliphatic heterocycles. The van der Waals surface area contributed by atoms with Gasteiger partial charge in [0, 0.05) is 13.5 Å². The molecule has 0 N–H and O–H groups in total. The number of ether oxygens (including phenoxy) is 2. The SMILES string of the molecule is CCC1CC2C(=O)C(c3nc4ccccc4n3C)=COC2CC1OC(=O)c1ccccc1. The highest BCUT2D eigenvalue weighted by Gasteiger charge is 2.46. The van der Waals surface area contributed by atoms with Crippen LogP contribution in [0.5, 0.6) is 0 Å². The monoisotopic (exact) mass is 430 g/mol. The molecule has 1 saturated carbocycles. The molecule has 6 nitrogen and oxygen atoms in total. The molecular weight excluding hydrogens is 404 g/mol. The third kappa shape index (κ3) is 3.49. The van der Waals surface area contributed by atoms with Crippen molar-refractivity contribution in [3.8, 4) is 0 Å². The first kappa shape index (κ1) is 20.5. The van der Waals surface area contributed by atoms with E-state index in [1.54, 1.807) is 18.4 Å². The molecule has 2 aliphatic rings. The first-order valence-electron chi connectivity index (χ1n) is 11.1. The average molecular weight is 431 g/mol. The normalized spacial score (nSPS) is 25.1. The number of carbonyl (C=O) groups excluding carboxylic acids is 2. The highest BCUT2D eigenvalue weighted by atomic mass is 16.5. The zero-order valence-corrected chi connectivity index (χ0v) is 18.2. The van der Waals surface area contributed by atoms with Crippen molar-refractivity contribution in [3.05, 3.63) is 72.2 Å². The highest BCUT2D eigenvalue weighted by molar-refractivity contribution is 6.21. The summed E-state index contributed by atoms with van der Waals surface area (Å²) in [7, 11) is 1.92. The summed E-state index contributed by atoms with van der Waals surface area (Å²) in [6, 6.07) is 16.8. The van der Waals surface area contributed by atoms with Crippen molar-refractivity contribution in [2.75, 3.05) is 0 Å². The number of benzene rings is 2. The zero-order chi connectivity index (χ0) is 22.2. The molecule has 0 bridgehead atoms. The number of para-hydroxylation sites is 2.